The molecule has 2 atom stereocenters. The lowest BCUT2D eigenvalue weighted by molar-refractivity contribution is -0.148. The molecule has 2 amide bonds. The summed E-state index contributed by atoms with van der Waals surface area (Å²) in [5.41, 5.74) is -0.422. The number of carbonyl (C=O) groups is 2. The number of carboxylic acids is 1. The topological polar surface area (TPSA) is 81.1 Å². The molecule has 20 heavy (non-hydrogen) atoms. The zero-order valence-electron chi connectivity index (χ0n) is 12.2. The maximum atomic E-state index is 12.6. The Morgan fingerprint density at radius 1 is 1.20 bits per heavy atom. The van der Waals surface area contributed by atoms with E-state index in [4.69, 9.17) is 0 Å². The van der Waals surface area contributed by atoms with Crippen LogP contribution in [-0.2, 0) is 4.79 Å². The number of amides is 2. The molecule has 2 saturated heterocycles. The fourth-order valence-electron chi connectivity index (χ4n) is 3.51. The van der Waals surface area contributed by atoms with Crippen LogP contribution in [0.25, 0.3) is 0 Å². The van der Waals surface area contributed by atoms with Gasteiger partial charge in [-0.15, -0.1) is 0 Å². The SMILES string of the molecule is CC1(C)CCCN(C(=O)N2CCCC2CO)C1C(=O)O. The van der Waals surface area contributed by atoms with Crippen molar-refractivity contribution in [3.63, 3.8) is 0 Å². The van der Waals surface area contributed by atoms with E-state index in [-0.39, 0.29) is 18.7 Å². The van der Waals surface area contributed by atoms with Gasteiger partial charge in [0.15, 0.2) is 0 Å². The van der Waals surface area contributed by atoms with E-state index in [0.717, 1.165) is 25.7 Å². The normalized spacial score (nSPS) is 29.6. The molecule has 2 rings (SSSR count). The summed E-state index contributed by atoms with van der Waals surface area (Å²) in [6.07, 6.45) is 3.28. The van der Waals surface area contributed by atoms with E-state index in [1.54, 1.807) is 4.90 Å². The van der Waals surface area contributed by atoms with Gasteiger partial charge in [-0.1, -0.05) is 13.8 Å². The average Bonchev–Trinajstić information content (AvgIpc) is 2.84. The van der Waals surface area contributed by atoms with Crippen molar-refractivity contribution in [3.05, 3.63) is 0 Å². The van der Waals surface area contributed by atoms with Crippen LogP contribution >= 0.6 is 0 Å². The Labute approximate surface area is 119 Å². The number of likely N-dealkylation sites (tertiary alicyclic amines) is 2. The van der Waals surface area contributed by atoms with Crippen LogP contribution in [0.15, 0.2) is 0 Å². The van der Waals surface area contributed by atoms with Crippen molar-refractivity contribution in [2.45, 2.75) is 51.6 Å². The minimum Gasteiger partial charge on any atom is -0.480 e. The molecule has 2 aliphatic heterocycles. The van der Waals surface area contributed by atoms with Crippen LogP contribution in [-0.4, -0.2) is 63.8 Å². The summed E-state index contributed by atoms with van der Waals surface area (Å²) in [4.78, 5) is 27.4. The highest BCUT2D eigenvalue weighted by atomic mass is 16.4. The van der Waals surface area contributed by atoms with Gasteiger partial charge in [0.2, 0.25) is 0 Å². The first-order valence-electron chi connectivity index (χ1n) is 7.29. The molecule has 2 aliphatic rings. The number of carboxylic acid groups (broad SMARTS) is 1. The zero-order valence-corrected chi connectivity index (χ0v) is 12.2. The Bertz CT molecular complexity index is 397. The average molecular weight is 284 g/mol. The molecular weight excluding hydrogens is 260 g/mol. The van der Waals surface area contributed by atoms with E-state index in [9.17, 15) is 19.8 Å². The molecule has 6 heteroatoms. The van der Waals surface area contributed by atoms with E-state index in [2.05, 4.69) is 0 Å². The monoisotopic (exact) mass is 284 g/mol. The molecule has 6 nitrogen and oxygen atoms in total. The molecule has 0 bridgehead atoms. The Balaban J connectivity index is 2.20. The van der Waals surface area contributed by atoms with Crippen molar-refractivity contribution in [1.29, 1.82) is 0 Å². The van der Waals surface area contributed by atoms with Crippen LogP contribution in [0.3, 0.4) is 0 Å². The molecule has 0 radical (unpaired) electrons. The molecule has 0 aromatic carbocycles. The first-order chi connectivity index (χ1) is 9.38. The summed E-state index contributed by atoms with van der Waals surface area (Å²) in [5.74, 6) is -0.942. The van der Waals surface area contributed by atoms with Crippen molar-refractivity contribution >= 4 is 12.0 Å². The smallest absolute Gasteiger partial charge is 0.327 e. The zero-order chi connectivity index (χ0) is 14.9. The Morgan fingerprint density at radius 3 is 2.45 bits per heavy atom. The van der Waals surface area contributed by atoms with Gasteiger partial charge in [0, 0.05) is 13.1 Å². The van der Waals surface area contributed by atoms with Crippen molar-refractivity contribution in [2.24, 2.45) is 5.41 Å². The number of carbonyl (C=O) groups excluding carboxylic acids is 1. The first kappa shape index (κ1) is 15.1. The largest absolute Gasteiger partial charge is 0.480 e. The van der Waals surface area contributed by atoms with Gasteiger partial charge in [-0.2, -0.15) is 0 Å². The molecule has 0 saturated carbocycles. The Morgan fingerprint density at radius 2 is 1.85 bits per heavy atom. The lowest BCUT2D eigenvalue weighted by atomic mass is 9.76. The minimum absolute atomic E-state index is 0.0549. The van der Waals surface area contributed by atoms with E-state index in [0.29, 0.717) is 13.1 Å². The standard InChI is InChI=1S/C14H24N2O4/c1-14(2)6-4-8-16(11(14)12(18)19)13(20)15-7-3-5-10(15)9-17/h10-11,17H,3-9H2,1-2H3,(H,18,19). The van der Waals surface area contributed by atoms with Gasteiger partial charge >= 0.3 is 12.0 Å². The van der Waals surface area contributed by atoms with Gasteiger partial charge in [-0.3, -0.25) is 0 Å². The van der Waals surface area contributed by atoms with Crippen LogP contribution in [0.2, 0.25) is 0 Å². The molecule has 0 aliphatic carbocycles. The summed E-state index contributed by atoms with van der Waals surface area (Å²) >= 11 is 0. The van der Waals surface area contributed by atoms with Gasteiger partial charge in [0.05, 0.1) is 12.6 Å². The second-order valence-electron chi connectivity index (χ2n) is 6.48. The lowest BCUT2D eigenvalue weighted by Crippen LogP contribution is -2.60. The van der Waals surface area contributed by atoms with Gasteiger partial charge in [-0.05, 0) is 31.1 Å². The van der Waals surface area contributed by atoms with Crippen molar-refractivity contribution in [3.8, 4) is 0 Å². The molecule has 2 heterocycles. The molecular formula is C14H24N2O4. The van der Waals surface area contributed by atoms with Gasteiger partial charge < -0.3 is 20.0 Å². The van der Waals surface area contributed by atoms with Crippen LogP contribution < -0.4 is 0 Å². The lowest BCUT2D eigenvalue weighted by Gasteiger charge is -2.45. The Hall–Kier alpha value is -1.30. The number of aliphatic hydroxyl groups excluding tert-OH is 1. The number of aliphatic hydroxyl groups is 1. The predicted molar refractivity (Wildman–Crippen MR) is 73.4 cm³/mol. The van der Waals surface area contributed by atoms with E-state index >= 15 is 0 Å². The predicted octanol–water partition coefficient (Wildman–Crippen LogP) is 1.14. The summed E-state index contributed by atoms with van der Waals surface area (Å²) in [6.45, 7) is 4.83. The number of aliphatic carboxylic acids is 1. The number of piperidine rings is 1. The summed E-state index contributed by atoms with van der Waals surface area (Å²) in [6, 6.07) is -1.19. The third-order valence-corrected chi connectivity index (χ3v) is 4.59. The molecule has 2 fully saturated rings. The third kappa shape index (κ3) is 2.61. The molecule has 2 N–H and O–H groups in total. The highest BCUT2D eigenvalue weighted by Crippen LogP contribution is 2.36. The van der Waals surface area contributed by atoms with E-state index in [1.165, 1.54) is 4.90 Å². The van der Waals surface area contributed by atoms with Crippen LogP contribution in [0.1, 0.15) is 39.5 Å². The number of urea groups is 1. The number of nitrogens with zero attached hydrogens (tertiary/aromatic N) is 2. The molecule has 2 unspecified atom stereocenters. The second-order valence-corrected chi connectivity index (χ2v) is 6.48. The molecule has 0 aromatic rings. The third-order valence-electron chi connectivity index (χ3n) is 4.59. The van der Waals surface area contributed by atoms with Crippen molar-refractivity contribution < 1.29 is 19.8 Å². The first-order valence-corrected chi connectivity index (χ1v) is 7.29. The number of hydrogen-bond donors (Lipinski definition) is 2. The fourth-order valence-corrected chi connectivity index (χ4v) is 3.51. The highest BCUT2D eigenvalue weighted by molar-refractivity contribution is 5.84. The highest BCUT2D eigenvalue weighted by Gasteiger charge is 2.46. The van der Waals surface area contributed by atoms with Crippen LogP contribution in [0, 0.1) is 5.41 Å². The summed E-state index contributed by atoms with van der Waals surface area (Å²) in [5, 5.41) is 18.8. The molecule has 0 spiro atoms. The van der Waals surface area contributed by atoms with E-state index < -0.39 is 17.4 Å². The quantitative estimate of drug-likeness (QED) is 0.796. The number of rotatable bonds is 2. The van der Waals surface area contributed by atoms with Gasteiger partial charge in [0.1, 0.15) is 6.04 Å². The number of hydrogen-bond acceptors (Lipinski definition) is 3. The van der Waals surface area contributed by atoms with Crippen molar-refractivity contribution in [2.75, 3.05) is 19.7 Å². The Kier molecular flexibility index (Phi) is 4.22. The minimum atomic E-state index is -0.942. The summed E-state index contributed by atoms with van der Waals surface area (Å²) < 4.78 is 0. The maximum Gasteiger partial charge on any atom is 0.327 e. The summed E-state index contributed by atoms with van der Waals surface area (Å²) in [7, 11) is 0. The second kappa shape index (κ2) is 5.60. The fraction of sp³-hybridized carbons (Fsp3) is 0.857. The van der Waals surface area contributed by atoms with Crippen LogP contribution in [0.4, 0.5) is 4.79 Å². The van der Waals surface area contributed by atoms with Crippen molar-refractivity contribution in [1.82, 2.24) is 9.80 Å². The van der Waals surface area contributed by atoms with Gasteiger partial charge in [0.25, 0.3) is 0 Å². The van der Waals surface area contributed by atoms with Crippen LogP contribution in [0.5, 0.6) is 0 Å². The molecule has 114 valence electrons. The maximum absolute atomic E-state index is 12.6. The molecule has 0 aromatic heterocycles. The van der Waals surface area contributed by atoms with Gasteiger partial charge in [-0.25, -0.2) is 9.59 Å². The van der Waals surface area contributed by atoms with E-state index in [1.807, 2.05) is 13.8 Å².